The molecule has 178 valence electrons. The van der Waals surface area contributed by atoms with Crippen molar-refractivity contribution in [3.05, 3.63) is 83.9 Å². The first-order chi connectivity index (χ1) is 17.0. The normalized spacial score (nSPS) is 14.9. The highest BCUT2D eigenvalue weighted by atomic mass is 16.5. The van der Waals surface area contributed by atoms with Crippen LogP contribution in [-0.2, 0) is 14.3 Å². The number of benzene rings is 3. The number of carbonyl (C=O) groups excluding carboxylic acids is 2. The molecule has 35 heavy (non-hydrogen) atoms. The number of carbonyl (C=O) groups is 3. The van der Waals surface area contributed by atoms with Crippen molar-refractivity contribution in [1.82, 2.24) is 5.32 Å². The molecule has 0 spiro atoms. The van der Waals surface area contributed by atoms with Crippen LogP contribution in [0.3, 0.4) is 0 Å². The van der Waals surface area contributed by atoms with Gasteiger partial charge in [-0.3, -0.25) is 4.79 Å². The molecule has 0 aromatic heterocycles. The quantitative estimate of drug-likeness (QED) is 0.454. The maximum atomic E-state index is 13.0. The van der Waals surface area contributed by atoms with Gasteiger partial charge in [-0.25, -0.2) is 9.59 Å². The van der Waals surface area contributed by atoms with Crippen molar-refractivity contribution in [3.63, 3.8) is 0 Å². The lowest BCUT2D eigenvalue weighted by atomic mass is 9.98. The molecular weight excluding hydrogens is 448 g/mol. The van der Waals surface area contributed by atoms with Gasteiger partial charge in [-0.1, -0.05) is 60.7 Å². The molecule has 1 saturated carbocycles. The van der Waals surface area contributed by atoms with Crippen LogP contribution < -0.4 is 15.4 Å². The molecule has 2 amide bonds. The number of ether oxygens (including phenoxy) is 2. The highest BCUT2D eigenvalue weighted by Gasteiger charge is 2.52. The maximum absolute atomic E-state index is 13.0. The van der Waals surface area contributed by atoms with E-state index in [-0.39, 0.29) is 18.3 Å². The number of para-hydroxylation sites is 2. The van der Waals surface area contributed by atoms with E-state index >= 15 is 0 Å². The number of hydrogen-bond acceptors (Lipinski definition) is 5. The molecule has 5 rings (SSSR count). The summed E-state index contributed by atoms with van der Waals surface area (Å²) in [5.41, 5.74) is 3.76. The second-order valence-corrected chi connectivity index (χ2v) is 8.67. The summed E-state index contributed by atoms with van der Waals surface area (Å²) < 4.78 is 10.8. The number of amides is 2. The van der Waals surface area contributed by atoms with Gasteiger partial charge < -0.3 is 25.2 Å². The second kappa shape index (κ2) is 9.13. The van der Waals surface area contributed by atoms with Gasteiger partial charge in [0.15, 0.2) is 6.61 Å². The summed E-state index contributed by atoms with van der Waals surface area (Å²) in [6.45, 7) is -0.376. The molecule has 3 N–H and O–H groups in total. The molecule has 0 unspecified atom stereocenters. The Morgan fingerprint density at radius 2 is 1.49 bits per heavy atom. The van der Waals surface area contributed by atoms with E-state index in [2.05, 4.69) is 22.8 Å². The van der Waals surface area contributed by atoms with Crippen molar-refractivity contribution in [2.45, 2.75) is 24.3 Å². The Labute approximate surface area is 201 Å². The highest BCUT2D eigenvalue weighted by Crippen LogP contribution is 2.44. The summed E-state index contributed by atoms with van der Waals surface area (Å²) in [6.07, 6.45) is 0.289. The molecule has 0 saturated heterocycles. The van der Waals surface area contributed by atoms with Crippen LogP contribution in [0.15, 0.2) is 72.8 Å². The lowest BCUT2D eigenvalue weighted by molar-refractivity contribution is -0.139. The van der Waals surface area contributed by atoms with Crippen molar-refractivity contribution in [3.8, 4) is 16.9 Å². The summed E-state index contributed by atoms with van der Waals surface area (Å²) in [5, 5.41) is 14.3. The third-order valence-electron chi connectivity index (χ3n) is 6.36. The average molecular weight is 472 g/mol. The molecule has 2 aliphatic rings. The fourth-order valence-corrected chi connectivity index (χ4v) is 4.44. The standard InChI is InChI=1S/C27H24N2O6/c30-24(31)16-34-23-12-6-5-11-22(23)28-25(32)27(13-14-27)29-26(33)35-15-21-19-9-3-1-7-17(19)18-8-2-4-10-20(18)21/h1-12,21H,13-16H2,(H,28,32)(H,29,33)(H,30,31). The molecule has 0 bridgehead atoms. The summed E-state index contributed by atoms with van der Waals surface area (Å²) in [7, 11) is 0. The van der Waals surface area contributed by atoms with Crippen LogP contribution in [0.2, 0.25) is 0 Å². The minimum atomic E-state index is -1.12. The van der Waals surface area contributed by atoms with Crippen LogP contribution in [0.25, 0.3) is 11.1 Å². The number of aliphatic carboxylic acids is 1. The van der Waals surface area contributed by atoms with E-state index in [9.17, 15) is 14.4 Å². The fourth-order valence-electron chi connectivity index (χ4n) is 4.44. The highest BCUT2D eigenvalue weighted by molar-refractivity contribution is 6.03. The van der Waals surface area contributed by atoms with Gasteiger partial charge in [0.05, 0.1) is 5.69 Å². The van der Waals surface area contributed by atoms with E-state index in [4.69, 9.17) is 14.6 Å². The van der Waals surface area contributed by atoms with E-state index in [1.807, 2.05) is 36.4 Å². The molecule has 3 aromatic carbocycles. The topological polar surface area (TPSA) is 114 Å². The molecule has 0 radical (unpaired) electrons. The molecule has 0 atom stereocenters. The van der Waals surface area contributed by atoms with Crippen molar-refractivity contribution in [2.75, 3.05) is 18.5 Å². The van der Waals surface area contributed by atoms with E-state index in [0.717, 1.165) is 22.3 Å². The Morgan fingerprint density at radius 1 is 0.886 bits per heavy atom. The smallest absolute Gasteiger partial charge is 0.408 e. The summed E-state index contributed by atoms with van der Waals surface area (Å²) >= 11 is 0. The van der Waals surface area contributed by atoms with Crippen molar-refractivity contribution < 1.29 is 29.0 Å². The van der Waals surface area contributed by atoms with Crippen molar-refractivity contribution in [1.29, 1.82) is 0 Å². The molecule has 8 heteroatoms. The Bertz CT molecular complexity index is 1250. The number of rotatable bonds is 8. The minimum absolute atomic E-state index is 0.0737. The Balaban J connectivity index is 1.22. The van der Waals surface area contributed by atoms with Crippen LogP contribution >= 0.6 is 0 Å². The zero-order valence-corrected chi connectivity index (χ0v) is 18.8. The Hall–Kier alpha value is -4.33. The summed E-state index contributed by atoms with van der Waals surface area (Å²) in [5.74, 6) is -1.37. The molecule has 0 aliphatic heterocycles. The minimum Gasteiger partial charge on any atom is -0.480 e. The molecule has 2 aliphatic carbocycles. The predicted octanol–water partition coefficient (Wildman–Crippen LogP) is 4.16. The van der Waals surface area contributed by atoms with E-state index in [1.54, 1.807) is 24.3 Å². The van der Waals surface area contributed by atoms with Gasteiger partial charge in [-0.2, -0.15) is 0 Å². The first kappa shape index (κ1) is 22.5. The Kier molecular flexibility index (Phi) is 5.86. The zero-order chi connectivity index (χ0) is 24.4. The van der Waals surface area contributed by atoms with Gasteiger partial charge in [-0.05, 0) is 47.2 Å². The van der Waals surface area contributed by atoms with Crippen LogP contribution in [0, 0.1) is 0 Å². The maximum Gasteiger partial charge on any atom is 0.408 e. The fraction of sp³-hybridized carbons (Fsp3) is 0.222. The van der Waals surface area contributed by atoms with Crippen LogP contribution in [0.4, 0.5) is 10.5 Å². The van der Waals surface area contributed by atoms with Crippen molar-refractivity contribution >= 4 is 23.7 Å². The predicted molar refractivity (Wildman–Crippen MR) is 128 cm³/mol. The first-order valence-corrected chi connectivity index (χ1v) is 11.3. The van der Waals surface area contributed by atoms with Gasteiger partial charge in [0.1, 0.15) is 17.9 Å². The number of hydrogen-bond donors (Lipinski definition) is 3. The van der Waals surface area contributed by atoms with Crippen LogP contribution in [0.5, 0.6) is 5.75 Å². The lowest BCUT2D eigenvalue weighted by Gasteiger charge is -2.20. The van der Waals surface area contributed by atoms with Gasteiger partial charge in [-0.15, -0.1) is 0 Å². The summed E-state index contributed by atoms with van der Waals surface area (Å²) in [6, 6.07) is 22.7. The molecule has 8 nitrogen and oxygen atoms in total. The number of fused-ring (bicyclic) bond motifs is 3. The molecular formula is C27H24N2O6. The number of anilines is 1. The van der Waals surface area contributed by atoms with Crippen molar-refractivity contribution in [2.24, 2.45) is 0 Å². The lowest BCUT2D eigenvalue weighted by Crippen LogP contribution is -2.46. The van der Waals surface area contributed by atoms with E-state index in [0.29, 0.717) is 18.5 Å². The first-order valence-electron chi connectivity index (χ1n) is 11.3. The number of carboxylic acids is 1. The van der Waals surface area contributed by atoms with Crippen LogP contribution in [-0.4, -0.2) is 41.8 Å². The van der Waals surface area contributed by atoms with Gasteiger partial charge in [0, 0.05) is 5.92 Å². The third-order valence-corrected chi connectivity index (χ3v) is 6.36. The van der Waals surface area contributed by atoms with Gasteiger partial charge in [0.2, 0.25) is 5.91 Å². The molecule has 3 aromatic rings. The molecule has 0 heterocycles. The summed E-state index contributed by atoms with van der Waals surface area (Å²) in [4.78, 5) is 36.5. The van der Waals surface area contributed by atoms with E-state index in [1.165, 1.54) is 0 Å². The van der Waals surface area contributed by atoms with Crippen LogP contribution in [0.1, 0.15) is 29.9 Å². The third kappa shape index (κ3) is 4.55. The number of nitrogens with one attached hydrogen (secondary N) is 2. The number of carboxylic acid groups (broad SMARTS) is 1. The monoisotopic (exact) mass is 472 g/mol. The van der Waals surface area contributed by atoms with Gasteiger partial charge in [0.25, 0.3) is 0 Å². The second-order valence-electron chi connectivity index (χ2n) is 8.67. The van der Waals surface area contributed by atoms with Gasteiger partial charge >= 0.3 is 12.1 Å². The zero-order valence-electron chi connectivity index (χ0n) is 18.8. The average Bonchev–Trinajstić information content (AvgIpc) is 3.57. The number of alkyl carbamates (subject to hydrolysis) is 1. The largest absolute Gasteiger partial charge is 0.480 e. The molecule has 1 fully saturated rings. The van der Waals surface area contributed by atoms with E-state index < -0.39 is 30.1 Å². The Morgan fingerprint density at radius 3 is 2.11 bits per heavy atom. The SMILES string of the molecule is O=C(O)COc1ccccc1NC(=O)C1(NC(=O)OCC2c3ccccc3-c3ccccc32)CC1.